The molecule has 0 aliphatic rings. The van der Waals surface area contributed by atoms with E-state index in [0.29, 0.717) is 23.8 Å². The molecular formula is C20H21N3O3. The summed E-state index contributed by atoms with van der Waals surface area (Å²) in [6, 6.07) is 9.73. The first-order valence-electron chi connectivity index (χ1n) is 8.52. The van der Waals surface area contributed by atoms with Crippen molar-refractivity contribution in [1.29, 1.82) is 0 Å². The van der Waals surface area contributed by atoms with Crippen LogP contribution in [0.4, 0.5) is 0 Å². The molecule has 0 fully saturated rings. The number of aromatic nitrogens is 3. The topological polar surface area (TPSA) is 84.3 Å². The molecule has 6 heteroatoms. The zero-order chi connectivity index (χ0) is 18.4. The van der Waals surface area contributed by atoms with Crippen LogP contribution >= 0.6 is 0 Å². The monoisotopic (exact) mass is 351 g/mol. The molecule has 0 saturated heterocycles. The third kappa shape index (κ3) is 4.60. The van der Waals surface area contributed by atoms with Gasteiger partial charge in [-0.15, -0.1) is 0 Å². The van der Waals surface area contributed by atoms with Gasteiger partial charge >= 0.3 is 0 Å². The normalized spacial score (nSPS) is 11.8. The summed E-state index contributed by atoms with van der Waals surface area (Å²) in [6.45, 7) is 2.34. The molecule has 2 heterocycles. The molecule has 0 bridgehead atoms. The number of aliphatic hydroxyl groups is 2. The fraction of sp³-hybridized carbons (Fsp3) is 0.300. The molecular weight excluding hydrogens is 330 g/mol. The Bertz CT molecular complexity index is 898. The largest absolute Gasteiger partial charge is 0.396 e. The van der Waals surface area contributed by atoms with Crippen LogP contribution in [0.25, 0.3) is 0 Å². The molecule has 0 aliphatic carbocycles. The Balaban J connectivity index is 1.65. The Morgan fingerprint density at radius 3 is 2.77 bits per heavy atom. The third-order valence-corrected chi connectivity index (χ3v) is 3.92. The van der Waals surface area contributed by atoms with E-state index in [4.69, 9.17) is 9.63 Å². The summed E-state index contributed by atoms with van der Waals surface area (Å²) in [7, 11) is 0. The minimum absolute atomic E-state index is 0.202. The van der Waals surface area contributed by atoms with Gasteiger partial charge in [0.1, 0.15) is 17.6 Å². The fourth-order valence-corrected chi connectivity index (χ4v) is 2.61. The average Bonchev–Trinajstić information content (AvgIpc) is 3.29. The molecule has 3 rings (SSSR count). The Morgan fingerprint density at radius 1 is 1.23 bits per heavy atom. The number of aliphatic hydroxyl groups excluding tert-OH is 2. The number of hydrogen-bond donors (Lipinski definition) is 2. The van der Waals surface area contributed by atoms with E-state index in [1.165, 1.54) is 5.56 Å². The predicted octanol–water partition coefficient (Wildman–Crippen LogP) is 2.30. The van der Waals surface area contributed by atoms with Gasteiger partial charge in [-0.2, -0.15) is 0 Å². The van der Waals surface area contributed by atoms with E-state index >= 15 is 0 Å². The standard InChI is InChI=1S/C20H21N3O3/c1-15(25)20-21-10-11-23(20)14-18-13-19(26-22-18)9-8-17-6-4-16(5-7-17)3-2-12-24/h4-7,10-11,13,15,24-25H,2-3,12,14H2,1H3/t15-/m0/s1. The van der Waals surface area contributed by atoms with E-state index in [0.717, 1.165) is 18.4 Å². The van der Waals surface area contributed by atoms with Crippen LogP contribution in [0.2, 0.25) is 0 Å². The van der Waals surface area contributed by atoms with Crippen LogP contribution in [-0.4, -0.2) is 31.5 Å². The minimum Gasteiger partial charge on any atom is -0.396 e. The number of rotatable bonds is 6. The molecule has 1 aromatic carbocycles. The lowest BCUT2D eigenvalue weighted by molar-refractivity contribution is 0.184. The van der Waals surface area contributed by atoms with Crippen LogP contribution in [0.3, 0.4) is 0 Å². The van der Waals surface area contributed by atoms with Crippen molar-refractivity contribution in [1.82, 2.24) is 14.7 Å². The molecule has 2 aromatic heterocycles. The predicted molar refractivity (Wildman–Crippen MR) is 96.3 cm³/mol. The van der Waals surface area contributed by atoms with Gasteiger partial charge in [-0.3, -0.25) is 0 Å². The fourth-order valence-electron chi connectivity index (χ4n) is 2.61. The van der Waals surface area contributed by atoms with Gasteiger partial charge in [0.15, 0.2) is 0 Å². The second-order valence-electron chi connectivity index (χ2n) is 6.05. The van der Waals surface area contributed by atoms with Crippen molar-refractivity contribution in [2.75, 3.05) is 6.61 Å². The van der Waals surface area contributed by atoms with Crippen LogP contribution in [-0.2, 0) is 13.0 Å². The zero-order valence-electron chi connectivity index (χ0n) is 14.6. The molecule has 134 valence electrons. The smallest absolute Gasteiger partial charge is 0.210 e. The molecule has 0 spiro atoms. The highest BCUT2D eigenvalue weighted by Crippen LogP contribution is 2.12. The van der Waals surface area contributed by atoms with Gasteiger partial charge < -0.3 is 19.3 Å². The SMILES string of the molecule is C[C@H](O)c1nccn1Cc1cc(C#Cc2ccc(CCCO)cc2)on1. The Morgan fingerprint density at radius 2 is 2.04 bits per heavy atom. The Kier molecular flexibility index (Phi) is 5.84. The van der Waals surface area contributed by atoms with Gasteiger partial charge in [-0.25, -0.2) is 4.98 Å². The summed E-state index contributed by atoms with van der Waals surface area (Å²) in [5, 5.41) is 22.6. The van der Waals surface area contributed by atoms with Gasteiger partial charge in [0.25, 0.3) is 0 Å². The van der Waals surface area contributed by atoms with Gasteiger partial charge in [0.05, 0.1) is 6.54 Å². The summed E-state index contributed by atoms with van der Waals surface area (Å²) < 4.78 is 7.09. The maximum atomic E-state index is 9.69. The molecule has 2 N–H and O–H groups in total. The molecule has 0 saturated carbocycles. The van der Waals surface area contributed by atoms with Crippen molar-refractivity contribution in [3.8, 4) is 11.8 Å². The maximum Gasteiger partial charge on any atom is 0.210 e. The van der Waals surface area contributed by atoms with Gasteiger partial charge in [-0.1, -0.05) is 23.2 Å². The van der Waals surface area contributed by atoms with Gasteiger partial charge in [0, 0.05) is 30.6 Å². The summed E-state index contributed by atoms with van der Waals surface area (Å²) in [6.07, 6.45) is 4.42. The molecule has 26 heavy (non-hydrogen) atoms. The minimum atomic E-state index is -0.642. The number of hydrogen-bond acceptors (Lipinski definition) is 5. The number of aryl methyl sites for hydroxylation is 1. The average molecular weight is 351 g/mol. The summed E-state index contributed by atoms with van der Waals surface area (Å²) >= 11 is 0. The van der Waals surface area contributed by atoms with Crippen molar-refractivity contribution in [3.63, 3.8) is 0 Å². The summed E-state index contributed by atoms with van der Waals surface area (Å²) in [5.41, 5.74) is 2.79. The van der Waals surface area contributed by atoms with E-state index in [2.05, 4.69) is 22.0 Å². The van der Waals surface area contributed by atoms with Crippen LogP contribution in [0.5, 0.6) is 0 Å². The summed E-state index contributed by atoms with van der Waals surface area (Å²) in [4.78, 5) is 4.13. The van der Waals surface area contributed by atoms with Gasteiger partial charge in [0.2, 0.25) is 5.76 Å². The molecule has 0 amide bonds. The van der Waals surface area contributed by atoms with E-state index in [9.17, 15) is 5.11 Å². The van der Waals surface area contributed by atoms with Crippen LogP contribution in [0.1, 0.15) is 47.9 Å². The Labute approximate surface area is 152 Å². The highest BCUT2D eigenvalue weighted by Gasteiger charge is 2.10. The molecule has 0 radical (unpaired) electrons. The molecule has 3 aromatic rings. The molecule has 0 unspecified atom stereocenters. The highest BCUT2D eigenvalue weighted by atomic mass is 16.5. The van der Waals surface area contributed by atoms with Crippen molar-refractivity contribution in [3.05, 3.63) is 71.1 Å². The van der Waals surface area contributed by atoms with Gasteiger partial charge in [-0.05, 0) is 43.4 Å². The second-order valence-corrected chi connectivity index (χ2v) is 6.05. The summed E-state index contributed by atoms with van der Waals surface area (Å²) in [5.74, 6) is 7.10. The van der Waals surface area contributed by atoms with E-state index in [1.54, 1.807) is 25.4 Å². The quantitative estimate of drug-likeness (QED) is 0.666. The van der Waals surface area contributed by atoms with E-state index in [1.807, 2.05) is 28.8 Å². The first-order valence-corrected chi connectivity index (χ1v) is 8.52. The second kappa shape index (κ2) is 8.48. The van der Waals surface area contributed by atoms with Crippen LogP contribution in [0.15, 0.2) is 47.2 Å². The lowest BCUT2D eigenvalue weighted by Crippen LogP contribution is -2.07. The van der Waals surface area contributed by atoms with E-state index < -0.39 is 6.10 Å². The highest BCUT2D eigenvalue weighted by molar-refractivity contribution is 5.40. The zero-order valence-corrected chi connectivity index (χ0v) is 14.6. The third-order valence-electron chi connectivity index (χ3n) is 3.92. The lowest BCUT2D eigenvalue weighted by atomic mass is 10.1. The maximum absolute atomic E-state index is 9.69. The first kappa shape index (κ1) is 17.9. The van der Waals surface area contributed by atoms with Crippen LogP contribution < -0.4 is 0 Å². The molecule has 0 aliphatic heterocycles. The van der Waals surface area contributed by atoms with E-state index in [-0.39, 0.29) is 6.61 Å². The first-order chi connectivity index (χ1) is 12.7. The van der Waals surface area contributed by atoms with Crippen molar-refractivity contribution >= 4 is 0 Å². The van der Waals surface area contributed by atoms with Crippen molar-refractivity contribution < 1.29 is 14.7 Å². The molecule has 1 atom stereocenters. The number of benzene rings is 1. The lowest BCUT2D eigenvalue weighted by Gasteiger charge is -2.07. The van der Waals surface area contributed by atoms with Crippen LogP contribution in [0, 0.1) is 11.8 Å². The van der Waals surface area contributed by atoms with Crippen molar-refractivity contribution in [2.24, 2.45) is 0 Å². The van der Waals surface area contributed by atoms with Crippen molar-refractivity contribution in [2.45, 2.75) is 32.4 Å². The number of imidazole rings is 1. The molecule has 6 nitrogen and oxygen atoms in total. The number of nitrogens with zero attached hydrogens (tertiary/aromatic N) is 3. The Hall–Kier alpha value is -2.88.